The second kappa shape index (κ2) is 4.62. The maximum Gasteiger partial charge on any atom is 0.138 e. The Labute approximate surface area is 113 Å². The molecule has 0 aromatic carbocycles. The van der Waals surface area contributed by atoms with Gasteiger partial charge in [-0.15, -0.1) is 22.7 Å². The zero-order valence-electron chi connectivity index (χ0n) is 10.1. The van der Waals surface area contributed by atoms with Crippen molar-refractivity contribution in [3.8, 4) is 0 Å². The van der Waals surface area contributed by atoms with E-state index in [1.54, 1.807) is 29.0 Å². The first kappa shape index (κ1) is 11.6. The minimum absolute atomic E-state index is 0.755. The topological polar surface area (TPSA) is 50.7 Å². The first-order valence-electron chi connectivity index (χ1n) is 5.57. The number of thiophene rings is 1. The number of aryl methyl sites for hydroxylation is 2. The summed E-state index contributed by atoms with van der Waals surface area (Å²) in [6, 6.07) is 0. The van der Waals surface area contributed by atoms with Crippen LogP contribution in [0.5, 0.6) is 0 Å². The molecule has 0 aliphatic heterocycles. The molecular weight excluding hydrogens is 264 g/mol. The Morgan fingerprint density at radius 3 is 2.94 bits per heavy atom. The SMILES string of the molecule is Cc1sc2ncnc(NCc3cncs3)c2c1C. The Morgan fingerprint density at radius 2 is 2.17 bits per heavy atom. The van der Waals surface area contributed by atoms with Gasteiger partial charge in [-0.3, -0.25) is 4.98 Å². The number of rotatable bonds is 3. The number of fused-ring (bicyclic) bond motifs is 1. The molecule has 0 amide bonds. The molecule has 1 N–H and O–H groups in total. The number of nitrogens with one attached hydrogen (secondary N) is 1. The predicted octanol–water partition coefficient (Wildman–Crippen LogP) is 3.38. The highest BCUT2D eigenvalue weighted by atomic mass is 32.1. The Hall–Kier alpha value is -1.53. The molecule has 0 bridgehead atoms. The lowest BCUT2D eigenvalue weighted by atomic mass is 10.2. The van der Waals surface area contributed by atoms with Crippen LogP contribution in [0.3, 0.4) is 0 Å². The lowest BCUT2D eigenvalue weighted by Gasteiger charge is -2.05. The molecule has 0 spiro atoms. The summed E-state index contributed by atoms with van der Waals surface area (Å²) in [7, 11) is 0. The highest BCUT2D eigenvalue weighted by Gasteiger charge is 2.11. The van der Waals surface area contributed by atoms with E-state index in [1.807, 2.05) is 11.7 Å². The van der Waals surface area contributed by atoms with Gasteiger partial charge in [-0.2, -0.15) is 0 Å². The molecule has 0 aliphatic rings. The van der Waals surface area contributed by atoms with Gasteiger partial charge in [-0.1, -0.05) is 0 Å². The van der Waals surface area contributed by atoms with E-state index in [0.717, 1.165) is 22.6 Å². The van der Waals surface area contributed by atoms with Crippen molar-refractivity contribution < 1.29 is 0 Å². The standard InChI is InChI=1S/C12H12N4S2/c1-7-8(2)18-12-10(7)11(15-5-16-12)14-4-9-3-13-6-17-9/h3,5-6H,4H2,1-2H3,(H,14,15,16). The van der Waals surface area contributed by atoms with Gasteiger partial charge in [0.25, 0.3) is 0 Å². The summed E-state index contributed by atoms with van der Waals surface area (Å²) in [6.07, 6.45) is 3.49. The lowest BCUT2D eigenvalue weighted by molar-refractivity contribution is 1.12. The summed E-state index contributed by atoms with van der Waals surface area (Å²) in [5.74, 6) is 0.912. The van der Waals surface area contributed by atoms with Gasteiger partial charge >= 0.3 is 0 Å². The quantitative estimate of drug-likeness (QED) is 0.796. The van der Waals surface area contributed by atoms with E-state index in [0.29, 0.717) is 0 Å². The minimum Gasteiger partial charge on any atom is -0.364 e. The van der Waals surface area contributed by atoms with E-state index in [1.165, 1.54) is 15.3 Å². The molecular formula is C12H12N4S2. The van der Waals surface area contributed by atoms with Gasteiger partial charge in [0.15, 0.2) is 0 Å². The van der Waals surface area contributed by atoms with Gasteiger partial charge in [0.1, 0.15) is 17.0 Å². The molecule has 3 aromatic rings. The zero-order chi connectivity index (χ0) is 12.5. The van der Waals surface area contributed by atoms with Crippen molar-refractivity contribution in [2.24, 2.45) is 0 Å². The molecule has 0 saturated heterocycles. The van der Waals surface area contributed by atoms with E-state index in [9.17, 15) is 0 Å². The average Bonchev–Trinajstić information content (AvgIpc) is 2.97. The number of hydrogen-bond donors (Lipinski definition) is 1. The van der Waals surface area contributed by atoms with Crippen molar-refractivity contribution in [3.05, 3.63) is 33.4 Å². The van der Waals surface area contributed by atoms with Crippen molar-refractivity contribution in [1.29, 1.82) is 0 Å². The third-order valence-electron chi connectivity index (χ3n) is 2.88. The Bertz CT molecular complexity index is 673. The smallest absolute Gasteiger partial charge is 0.138 e. The van der Waals surface area contributed by atoms with E-state index in [4.69, 9.17) is 0 Å². The van der Waals surface area contributed by atoms with Crippen molar-refractivity contribution in [2.75, 3.05) is 5.32 Å². The van der Waals surface area contributed by atoms with Gasteiger partial charge in [0.05, 0.1) is 17.4 Å². The van der Waals surface area contributed by atoms with Crippen molar-refractivity contribution >= 4 is 38.7 Å². The Balaban J connectivity index is 1.96. The average molecular weight is 276 g/mol. The van der Waals surface area contributed by atoms with Gasteiger partial charge in [0.2, 0.25) is 0 Å². The minimum atomic E-state index is 0.755. The maximum atomic E-state index is 4.35. The molecule has 0 unspecified atom stereocenters. The van der Waals surface area contributed by atoms with E-state index < -0.39 is 0 Å². The number of anilines is 1. The van der Waals surface area contributed by atoms with Crippen LogP contribution >= 0.6 is 22.7 Å². The van der Waals surface area contributed by atoms with Gasteiger partial charge in [-0.25, -0.2) is 9.97 Å². The fraction of sp³-hybridized carbons (Fsp3) is 0.250. The number of thiazole rings is 1. The summed E-state index contributed by atoms with van der Waals surface area (Å²) < 4.78 is 0. The molecule has 3 rings (SSSR count). The maximum absolute atomic E-state index is 4.35. The monoisotopic (exact) mass is 276 g/mol. The summed E-state index contributed by atoms with van der Waals surface area (Å²) in [6.45, 7) is 5.00. The summed E-state index contributed by atoms with van der Waals surface area (Å²) in [4.78, 5) is 16.3. The molecule has 0 saturated carbocycles. The van der Waals surface area contributed by atoms with Crippen molar-refractivity contribution in [1.82, 2.24) is 15.0 Å². The van der Waals surface area contributed by atoms with Gasteiger partial charge in [0, 0.05) is 16.0 Å². The number of hydrogen-bond acceptors (Lipinski definition) is 6. The molecule has 92 valence electrons. The zero-order valence-corrected chi connectivity index (χ0v) is 11.7. The van der Waals surface area contributed by atoms with Crippen LogP contribution in [0, 0.1) is 13.8 Å². The van der Waals surface area contributed by atoms with Crippen molar-refractivity contribution in [2.45, 2.75) is 20.4 Å². The molecule has 0 aliphatic carbocycles. The van der Waals surface area contributed by atoms with Crippen LogP contribution in [-0.2, 0) is 6.54 Å². The second-order valence-corrected chi connectivity index (χ2v) is 6.18. The Kier molecular flexibility index (Phi) is 2.97. The van der Waals surface area contributed by atoms with Crippen LogP contribution in [-0.4, -0.2) is 15.0 Å². The third kappa shape index (κ3) is 1.97. The van der Waals surface area contributed by atoms with E-state index in [2.05, 4.69) is 34.1 Å². The Morgan fingerprint density at radius 1 is 1.28 bits per heavy atom. The molecule has 0 atom stereocenters. The summed E-state index contributed by atoms with van der Waals surface area (Å²) >= 11 is 3.36. The number of aromatic nitrogens is 3. The highest BCUT2D eigenvalue weighted by molar-refractivity contribution is 7.18. The highest BCUT2D eigenvalue weighted by Crippen LogP contribution is 2.32. The van der Waals surface area contributed by atoms with Gasteiger partial charge in [-0.05, 0) is 19.4 Å². The molecule has 0 fully saturated rings. The van der Waals surface area contributed by atoms with Crippen molar-refractivity contribution in [3.63, 3.8) is 0 Å². The van der Waals surface area contributed by atoms with E-state index >= 15 is 0 Å². The molecule has 6 heteroatoms. The summed E-state index contributed by atoms with van der Waals surface area (Å²) in [5.41, 5.74) is 3.11. The number of nitrogens with zero attached hydrogens (tertiary/aromatic N) is 3. The first-order valence-corrected chi connectivity index (χ1v) is 7.27. The van der Waals surface area contributed by atoms with Crippen LogP contribution in [0.15, 0.2) is 18.0 Å². The molecule has 0 radical (unpaired) electrons. The summed E-state index contributed by atoms with van der Waals surface area (Å²) in [5, 5.41) is 4.51. The molecule has 3 heterocycles. The van der Waals surface area contributed by atoms with Crippen LogP contribution in [0.1, 0.15) is 15.3 Å². The molecule has 4 nitrogen and oxygen atoms in total. The molecule has 18 heavy (non-hydrogen) atoms. The second-order valence-electron chi connectivity index (χ2n) is 4.01. The van der Waals surface area contributed by atoms with Gasteiger partial charge < -0.3 is 5.32 Å². The fourth-order valence-corrected chi connectivity index (χ4v) is 3.35. The predicted molar refractivity (Wildman–Crippen MR) is 76.3 cm³/mol. The fourth-order valence-electron chi connectivity index (χ4n) is 1.82. The molecule has 3 aromatic heterocycles. The van der Waals surface area contributed by atoms with Crippen LogP contribution < -0.4 is 5.32 Å². The normalized spacial score (nSPS) is 11.0. The van der Waals surface area contributed by atoms with Crippen LogP contribution in [0.4, 0.5) is 5.82 Å². The van der Waals surface area contributed by atoms with E-state index in [-0.39, 0.29) is 0 Å². The van der Waals surface area contributed by atoms with Crippen LogP contribution in [0.2, 0.25) is 0 Å². The third-order valence-corrected chi connectivity index (χ3v) is 4.77. The lowest BCUT2D eigenvalue weighted by Crippen LogP contribution is -2.00. The largest absolute Gasteiger partial charge is 0.364 e. The van der Waals surface area contributed by atoms with Crippen LogP contribution in [0.25, 0.3) is 10.2 Å². The first-order chi connectivity index (χ1) is 8.75.